The van der Waals surface area contributed by atoms with E-state index in [-0.39, 0.29) is 23.7 Å². The zero-order valence-electron chi connectivity index (χ0n) is 17.2. The molecule has 2 amide bonds. The number of nitrogens with zero attached hydrogens (tertiary/aromatic N) is 1. The maximum absolute atomic E-state index is 13.6. The Kier molecular flexibility index (Phi) is 6.96. The molecule has 0 bridgehead atoms. The van der Waals surface area contributed by atoms with Gasteiger partial charge in [-0.15, -0.1) is 11.3 Å². The monoisotopic (exact) mass is 405 g/mol. The molecule has 1 aromatic heterocycles. The van der Waals surface area contributed by atoms with Gasteiger partial charge in [0.2, 0.25) is 5.91 Å². The van der Waals surface area contributed by atoms with Crippen molar-refractivity contribution in [3.8, 4) is 0 Å². The summed E-state index contributed by atoms with van der Waals surface area (Å²) >= 11 is 1.25. The summed E-state index contributed by atoms with van der Waals surface area (Å²) in [6, 6.07) is 8.04. The van der Waals surface area contributed by atoms with Crippen LogP contribution in [0, 0.1) is 18.2 Å². The van der Waals surface area contributed by atoms with E-state index in [0.717, 1.165) is 11.1 Å². The molecule has 0 fully saturated rings. The van der Waals surface area contributed by atoms with Crippen molar-refractivity contribution < 1.29 is 14.0 Å². The normalized spacial score (nSPS) is 12.7. The van der Waals surface area contributed by atoms with Gasteiger partial charge in [0.15, 0.2) is 0 Å². The molecule has 7 heteroatoms. The van der Waals surface area contributed by atoms with Crippen LogP contribution in [0.25, 0.3) is 0 Å². The van der Waals surface area contributed by atoms with Crippen molar-refractivity contribution in [1.82, 2.24) is 10.2 Å². The Labute approximate surface area is 169 Å². The average Bonchev–Trinajstić information content (AvgIpc) is 2.94. The van der Waals surface area contributed by atoms with Gasteiger partial charge in [-0.25, -0.2) is 4.39 Å². The third-order valence-corrected chi connectivity index (χ3v) is 5.51. The zero-order valence-corrected chi connectivity index (χ0v) is 18.0. The molecule has 0 aliphatic heterocycles. The smallest absolute Gasteiger partial charge is 0.261 e. The van der Waals surface area contributed by atoms with Gasteiger partial charge in [-0.05, 0) is 50.3 Å². The van der Waals surface area contributed by atoms with E-state index >= 15 is 0 Å². The van der Waals surface area contributed by atoms with Gasteiger partial charge in [-0.1, -0.05) is 32.9 Å². The summed E-state index contributed by atoms with van der Waals surface area (Å²) in [5.41, 5.74) is 1.09. The summed E-state index contributed by atoms with van der Waals surface area (Å²) < 4.78 is 13.6. The van der Waals surface area contributed by atoms with Crippen LogP contribution < -0.4 is 10.6 Å². The van der Waals surface area contributed by atoms with E-state index in [1.165, 1.54) is 23.5 Å². The first-order valence-electron chi connectivity index (χ1n) is 9.11. The summed E-state index contributed by atoms with van der Waals surface area (Å²) in [5.74, 6) is -0.606. The van der Waals surface area contributed by atoms with Crippen molar-refractivity contribution in [2.45, 2.75) is 33.7 Å². The SMILES string of the molecule is Cc1cc(NC(=O)C(C)(C)C)sc1C(=O)NCC(c1cccc(F)c1)N(C)C. The Hall–Kier alpha value is -2.25. The molecule has 0 aliphatic carbocycles. The van der Waals surface area contributed by atoms with E-state index in [0.29, 0.717) is 16.4 Å². The highest BCUT2D eigenvalue weighted by molar-refractivity contribution is 7.18. The van der Waals surface area contributed by atoms with Crippen molar-refractivity contribution in [3.05, 3.63) is 52.2 Å². The molecule has 1 heterocycles. The average molecular weight is 406 g/mol. The van der Waals surface area contributed by atoms with Crippen LogP contribution in [0.3, 0.4) is 0 Å². The number of hydrogen-bond donors (Lipinski definition) is 2. The summed E-state index contributed by atoms with van der Waals surface area (Å²) in [6.07, 6.45) is 0. The highest BCUT2D eigenvalue weighted by Gasteiger charge is 2.23. The van der Waals surface area contributed by atoms with Crippen LogP contribution in [-0.2, 0) is 4.79 Å². The summed E-state index contributed by atoms with van der Waals surface area (Å²) in [5, 5.41) is 6.44. The van der Waals surface area contributed by atoms with Crippen molar-refractivity contribution >= 4 is 28.2 Å². The number of carbonyl (C=O) groups is 2. The molecule has 0 radical (unpaired) electrons. The second kappa shape index (κ2) is 8.84. The molecule has 0 spiro atoms. The van der Waals surface area contributed by atoms with Crippen LogP contribution in [0.2, 0.25) is 0 Å². The fourth-order valence-electron chi connectivity index (χ4n) is 2.65. The first-order chi connectivity index (χ1) is 13.0. The number of hydrogen-bond acceptors (Lipinski definition) is 4. The van der Waals surface area contributed by atoms with Gasteiger partial charge >= 0.3 is 0 Å². The predicted octanol–water partition coefficient (Wildman–Crippen LogP) is 4.21. The molecule has 152 valence electrons. The maximum Gasteiger partial charge on any atom is 0.261 e. The van der Waals surface area contributed by atoms with Crippen LogP contribution in [-0.4, -0.2) is 37.4 Å². The molecule has 2 aromatic rings. The van der Waals surface area contributed by atoms with E-state index < -0.39 is 5.41 Å². The van der Waals surface area contributed by atoms with Crippen LogP contribution >= 0.6 is 11.3 Å². The number of aryl methyl sites for hydroxylation is 1. The summed E-state index contributed by atoms with van der Waals surface area (Å²) in [4.78, 5) is 27.3. The zero-order chi connectivity index (χ0) is 21.1. The van der Waals surface area contributed by atoms with Gasteiger partial charge in [0, 0.05) is 12.0 Å². The lowest BCUT2D eigenvalue weighted by molar-refractivity contribution is -0.123. The van der Waals surface area contributed by atoms with Crippen LogP contribution in [0.15, 0.2) is 30.3 Å². The predicted molar refractivity (Wildman–Crippen MR) is 112 cm³/mol. The Morgan fingerprint density at radius 3 is 2.46 bits per heavy atom. The van der Waals surface area contributed by atoms with Crippen LogP contribution in [0.4, 0.5) is 9.39 Å². The van der Waals surface area contributed by atoms with Gasteiger partial charge in [0.25, 0.3) is 5.91 Å². The number of carbonyl (C=O) groups excluding carboxylic acids is 2. The van der Waals surface area contributed by atoms with E-state index in [4.69, 9.17) is 0 Å². The number of nitrogens with one attached hydrogen (secondary N) is 2. The third-order valence-electron chi connectivity index (χ3n) is 4.35. The maximum atomic E-state index is 13.6. The molecule has 0 saturated carbocycles. The molecule has 1 unspecified atom stereocenters. The lowest BCUT2D eigenvalue weighted by Crippen LogP contribution is -2.34. The number of likely N-dealkylation sites (N-methyl/N-ethyl adjacent to an activating group) is 1. The first kappa shape index (κ1) is 22.0. The van der Waals surface area contributed by atoms with E-state index in [1.54, 1.807) is 12.1 Å². The third kappa shape index (κ3) is 5.62. The Morgan fingerprint density at radius 1 is 1.21 bits per heavy atom. The number of benzene rings is 1. The number of amides is 2. The van der Waals surface area contributed by atoms with Crippen molar-refractivity contribution in [2.24, 2.45) is 5.41 Å². The van der Waals surface area contributed by atoms with Crippen LogP contribution in [0.1, 0.15) is 47.6 Å². The van der Waals surface area contributed by atoms with Crippen molar-refractivity contribution in [1.29, 1.82) is 0 Å². The molecule has 1 atom stereocenters. The molecular formula is C21H28FN3O2S. The number of anilines is 1. The largest absolute Gasteiger partial charge is 0.349 e. The Bertz CT molecular complexity index is 856. The summed E-state index contributed by atoms with van der Waals surface area (Å²) in [7, 11) is 3.77. The number of rotatable bonds is 6. The number of thiophene rings is 1. The minimum Gasteiger partial charge on any atom is -0.349 e. The quantitative estimate of drug-likeness (QED) is 0.757. The second-order valence-corrected chi connectivity index (χ2v) is 9.12. The van der Waals surface area contributed by atoms with Gasteiger partial charge in [-0.3, -0.25) is 9.59 Å². The molecule has 0 aliphatic rings. The summed E-state index contributed by atoms with van der Waals surface area (Å²) in [6.45, 7) is 7.70. The molecule has 2 rings (SSSR count). The first-order valence-corrected chi connectivity index (χ1v) is 9.92. The molecule has 28 heavy (non-hydrogen) atoms. The van der Waals surface area contributed by atoms with Crippen molar-refractivity contribution in [2.75, 3.05) is 26.0 Å². The Morgan fingerprint density at radius 2 is 1.89 bits per heavy atom. The molecule has 1 aromatic carbocycles. The fourth-order valence-corrected chi connectivity index (χ4v) is 3.63. The highest BCUT2D eigenvalue weighted by Crippen LogP contribution is 2.28. The van der Waals surface area contributed by atoms with Gasteiger partial charge in [0.1, 0.15) is 5.82 Å². The standard InChI is InChI=1S/C21H28FN3O2S/c1-13-10-17(24-20(27)21(2,3)4)28-18(13)19(26)23-12-16(25(5)6)14-8-7-9-15(22)11-14/h7-11,16H,12H2,1-6H3,(H,23,26)(H,24,27). The lowest BCUT2D eigenvalue weighted by atomic mass is 9.96. The van der Waals surface area contributed by atoms with E-state index in [1.807, 2.05) is 52.8 Å². The van der Waals surface area contributed by atoms with Crippen molar-refractivity contribution in [3.63, 3.8) is 0 Å². The van der Waals surface area contributed by atoms with Gasteiger partial charge in [-0.2, -0.15) is 0 Å². The topological polar surface area (TPSA) is 61.4 Å². The Balaban J connectivity index is 2.09. The van der Waals surface area contributed by atoms with E-state index in [2.05, 4.69) is 10.6 Å². The fraction of sp³-hybridized carbons (Fsp3) is 0.429. The molecule has 0 saturated heterocycles. The molecular weight excluding hydrogens is 377 g/mol. The van der Waals surface area contributed by atoms with Crippen LogP contribution in [0.5, 0.6) is 0 Å². The highest BCUT2D eigenvalue weighted by atomic mass is 32.1. The van der Waals surface area contributed by atoms with Gasteiger partial charge < -0.3 is 15.5 Å². The minimum absolute atomic E-state index is 0.0977. The minimum atomic E-state index is -0.510. The van der Waals surface area contributed by atoms with Gasteiger partial charge in [0.05, 0.1) is 15.9 Å². The molecule has 5 nitrogen and oxygen atoms in total. The van der Waals surface area contributed by atoms with E-state index in [9.17, 15) is 14.0 Å². The lowest BCUT2D eigenvalue weighted by Gasteiger charge is -2.25. The second-order valence-electron chi connectivity index (χ2n) is 8.07. The number of halogens is 1. The molecule has 2 N–H and O–H groups in total.